The molecule has 0 radical (unpaired) electrons. The topological polar surface area (TPSA) is 66.7 Å². The summed E-state index contributed by atoms with van der Waals surface area (Å²) in [7, 11) is 0. The van der Waals surface area contributed by atoms with Gasteiger partial charge in [0.1, 0.15) is 18.2 Å². The van der Waals surface area contributed by atoms with Gasteiger partial charge in [0.25, 0.3) is 0 Å². The molecule has 0 aliphatic heterocycles. The van der Waals surface area contributed by atoms with Crippen molar-refractivity contribution in [3.63, 3.8) is 0 Å². The standard InChI is InChI=1S/C20H17F2N3O2/c21-17-9-4-10-18(22)16(17)12-24-19(25-26)15-8-5-11-23-20(15)27-13-14-6-2-1-3-7-14/h1-11,26H,12-13H2,(H,24,25). The molecular weight excluding hydrogens is 352 g/mol. The van der Waals surface area contributed by atoms with Crippen molar-refractivity contribution in [3.05, 3.63) is 95.2 Å². The van der Waals surface area contributed by atoms with Crippen molar-refractivity contribution in [3.8, 4) is 5.88 Å². The third-order valence-corrected chi connectivity index (χ3v) is 3.81. The molecule has 27 heavy (non-hydrogen) atoms. The molecule has 5 nitrogen and oxygen atoms in total. The lowest BCUT2D eigenvalue weighted by Gasteiger charge is -2.12. The highest BCUT2D eigenvalue weighted by atomic mass is 19.1. The average Bonchev–Trinajstić information content (AvgIpc) is 2.70. The predicted molar refractivity (Wildman–Crippen MR) is 96.5 cm³/mol. The monoisotopic (exact) mass is 369 g/mol. The van der Waals surface area contributed by atoms with Crippen LogP contribution in [0.15, 0.2) is 71.9 Å². The van der Waals surface area contributed by atoms with Crippen molar-refractivity contribution in [1.29, 1.82) is 0 Å². The summed E-state index contributed by atoms with van der Waals surface area (Å²) in [6, 6.07) is 16.3. The smallest absolute Gasteiger partial charge is 0.224 e. The molecule has 0 aliphatic carbocycles. The van der Waals surface area contributed by atoms with E-state index in [2.05, 4.69) is 9.98 Å². The molecule has 2 N–H and O–H groups in total. The first kappa shape index (κ1) is 18.5. The van der Waals surface area contributed by atoms with Gasteiger partial charge in [-0.05, 0) is 29.8 Å². The predicted octanol–water partition coefficient (Wildman–Crippen LogP) is 3.86. The molecule has 0 unspecified atom stereocenters. The molecule has 1 aromatic heterocycles. The van der Waals surface area contributed by atoms with Crippen LogP contribution in [0, 0.1) is 11.6 Å². The molecule has 1 heterocycles. The van der Waals surface area contributed by atoms with Gasteiger partial charge in [-0.1, -0.05) is 36.4 Å². The number of nitrogens with zero attached hydrogens (tertiary/aromatic N) is 2. The summed E-state index contributed by atoms with van der Waals surface area (Å²) in [5.74, 6) is -1.19. The minimum Gasteiger partial charge on any atom is -0.472 e. The van der Waals surface area contributed by atoms with Gasteiger partial charge in [-0.25, -0.2) is 13.8 Å². The number of pyridine rings is 1. The Kier molecular flexibility index (Phi) is 6.06. The Morgan fingerprint density at radius 3 is 2.44 bits per heavy atom. The van der Waals surface area contributed by atoms with Gasteiger partial charge in [-0.3, -0.25) is 15.7 Å². The van der Waals surface area contributed by atoms with Crippen LogP contribution in [0.3, 0.4) is 0 Å². The number of benzene rings is 2. The summed E-state index contributed by atoms with van der Waals surface area (Å²) in [6.07, 6.45) is 1.54. The third kappa shape index (κ3) is 4.65. The number of amidine groups is 1. The normalized spacial score (nSPS) is 11.3. The summed E-state index contributed by atoms with van der Waals surface area (Å²) in [5, 5.41) is 9.45. The molecule has 3 rings (SSSR count). The number of hydrogen-bond acceptors (Lipinski definition) is 4. The molecule has 0 fully saturated rings. The Hall–Kier alpha value is -3.32. The number of halogens is 2. The van der Waals surface area contributed by atoms with Crippen molar-refractivity contribution >= 4 is 5.84 Å². The molecule has 0 atom stereocenters. The zero-order chi connectivity index (χ0) is 19.1. The first-order chi connectivity index (χ1) is 13.2. The van der Waals surface area contributed by atoms with Gasteiger partial charge >= 0.3 is 0 Å². The summed E-state index contributed by atoms with van der Waals surface area (Å²) in [5.41, 5.74) is 3.07. The van der Waals surface area contributed by atoms with Crippen LogP contribution in [0.1, 0.15) is 16.7 Å². The fourth-order valence-electron chi connectivity index (χ4n) is 2.43. The van der Waals surface area contributed by atoms with Gasteiger partial charge in [0.2, 0.25) is 5.88 Å². The summed E-state index contributed by atoms with van der Waals surface area (Å²) in [6.45, 7) is -0.0279. The van der Waals surface area contributed by atoms with E-state index in [0.717, 1.165) is 17.7 Å². The van der Waals surface area contributed by atoms with Crippen LogP contribution in [-0.2, 0) is 13.2 Å². The van der Waals surface area contributed by atoms with Crippen molar-refractivity contribution in [2.45, 2.75) is 13.2 Å². The van der Waals surface area contributed by atoms with E-state index in [1.54, 1.807) is 12.1 Å². The summed E-state index contributed by atoms with van der Waals surface area (Å²) >= 11 is 0. The lowest BCUT2D eigenvalue weighted by atomic mass is 10.2. The van der Waals surface area contributed by atoms with E-state index < -0.39 is 11.6 Å². The molecule has 138 valence electrons. The molecule has 0 saturated heterocycles. The number of aliphatic imine (C=N–C) groups is 1. The van der Waals surface area contributed by atoms with Gasteiger partial charge in [0.15, 0.2) is 5.84 Å². The van der Waals surface area contributed by atoms with E-state index >= 15 is 0 Å². The van der Waals surface area contributed by atoms with E-state index in [-0.39, 0.29) is 30.4 Å². The second kappa shape index (κ2) is 8.86. The maximum atomic E-state index is 13.8. The van der Waals surface area contributed by atoms with Gasteiger partial charge in [0.05, 0.1) is 12.1 Å². The summed E-state index contributed by atoms with van der Waals surface area (Å²) < 4.78 is 33.2. The van der Waals surface area contributed by atoms with Crippen molar-refractivity contribution < 1.29 is 18.7 Å². The highest BCUT2D eigenvalue weighted by Crippen LogP contribution is 2.18. The molecule has 0 saturated carbocycles. The lowest BCUT2D eigenvalue weighted by molar-refractivity contribution is 0.233. The Morgan fingerprint density at radius 2 is 1.74 bits per heavy atom. The minimum absolute atomic E-state index is 0.00573. The highest BCUT2D eigenvalue weighted by Gasteiger charge is 2.13. The van der Waals surface area contributed by atoms with Crippen LogP contribution in [0.5, 0.6) is 5.88 Å². The third-order valence-electron chi connectivity index (χ3n) is 3.81. The first-order valence-corrected chi connectivity index (χ1v) is 8.18. The summed E-state index contributed by atoms with van der Waals surface area (Å²) in [4.78, 5) is 8.23. The average molecular weight is 369 g/mol. The van der Waals surface area contributed by atoms with Crippen LogP contribution in [0.4, 0.5) is 8.78 Å². The van der Waals surface area contributed by atoms with Crippen LogP contribution in [-0.4, -0.2) is 16.0 Å². The van der Waals surface area contributed by atoms with Gasteiger partial charge in [0, 0.05) is 11.8 Å². The van der Waals surface area contributed by atoms with Crippen LogP contribution >= 0.6 is 0 Å². The Balaban J connectivity index is 1.83. The lowest BCUT2D eigenvalue weighted by Crippen LogP contribution is -2.22. The number of hydroxylamine groups is 1. The molecule has 7 heteroatoms. The largest absolute Gasteiger partial charge is 0.472 e. The second-order valence-corrected chi connectivity index (χ2v) is 5.61. The fourth-order valence-corrected chi connectivity index (χ4v) is 2.43. The molecule has 0 amide bonds. The minimum atomic E-state index is -0.706. The Bertz CT molecular complexity index is 913. The molecule has 2 aromatic carbocycles. The molecule has 0 bridgehead atoms. The van der Waals surface area contributed by atoms with Crippen molar-refractivity contribution in [2.24, 2.45) is 4.99 Å². The van der Waals surface area contributed by atoms with E-state index in [1.807, 2.05) is 35.8 Å². The SMILES string of the molecule is ONC(=NCc1c(F)cccc1F)c1cccnc1OCc1ccccc1. The van der Waals surface area contributed by atoms with Crippen LogP contribution < -0.4 is 10.2 Å². The van der Waals surface area contributed by atoms with Gasteiger partial charge in [-0.15, -0.1) is 0 Å². The zero-order valence-corrected chi connectivity index (χ0v) is 14.3. The van der Waals surface area contributed by atoms with Gasteiger partial charge < -0.3 is 4.74 Å². The molecule has 0 spiro atoms. The number of hydrogen-bond donors (Lipinski definition) is 2. The number of aromatic nitrogens is 1. The highest BCUT2D eigenvalue weighted by molar-refractivity contribution is 5.99. The van der Waals surface area contributed by atoms with E-state index in [0.29, 0.717) is 5.56 Å². The van der Waals surface area contributed by atoms with Crippen LogP contribution in [0.2, 0.25) is 0 Å². The maximum absolute atomic E-state index is 13.8. The second-order valence-electron chi connectivity index (χ2n) is 5.61. The molecular formula is C20H17F2N3O2. The quantitative estimate of drug-likeness (QED) is 0.393. The van der Waals surface area contributed by atoms with E-state index in [4.69, 9.17) is 4.74 Å². The van der Waals surface area contributed by atoms with E-state index in [1.165, 1.54) is 12.3 Å². The fraction of sp³-hybridized carbons (Fsp3) is 0.100. The van der Waals surface area contributed by atoms with Crippen molar-refractivity contribution in [2.75, 3.05) is 0 Å². The Morgan fingerprint density at radius 1 is 1.00 bits per heavy atom. The van der Waals surface area contributed by atoms with Gasteiger partial charge in [-0.2, -0.15) is 0 Å². The maximum Gasteiger partial charge on any atom is 0.224 e. The zero-order valence-electron chi connectivity index (χ0n) is 14.3. The Labute approximate surface area is 154 Å². The van der Waals surface area contributed by atoms with E-state index in [9.17, 15) is 14.0 Å². The molecule has 3 aromatic rings. The van der Waals surface area contributed by atoms with Crippen LogP contribution in [0.25, 0.3) is 0 Å². The number of rotatable bonds is 6. The first-order valence-electron chi connectivity index (χ1n) is 8.18. The number of ether oxygens (including phenoxy) is 1. The molecule has 0 aliphatic rings. The van der Waals surface area contributed by atoms with Crippen molar-refractivity contribution in [1.82, 2.24) is 10.5 Å². The number of nitrogens with one attached hydrogen (secondary N) is 1.